The number of nitro groups is 1. The fourth-order valence-corrected chi connectivity index (χ4v) is 3.45. The lowest BCUT2D eigenvalue weighted by Gasteiger charge is -2.40. The molecule has 0 unspecified atom stereocenters. The van der Waals surface area contributed by atoms with Crippen molar-refractivity contribution in [2.24, 2.45) is 0 Å². The van der Waals surface area contributed by atoms with Crippen LogP contribution in [-0.4, -0.2) is 47.0 Å². The van der Waals surface area contributed by atoms with Crippen molar-refractivity contribution in [1.82, 2.24) is 9.88 Å². The maximum absolute atomic E-state index is 10.6. The molecule has 2 aliphatic rings. The van der Waals surface area contributed by atoms with Crippen LogP contribution in [0.15, 0.2) is 18.3 Å². The highest BCUT2D eigenvalue weighted by molar-refractivity contribution is 5.46. The minimum Gasteiger partial charge on any atom is -0.368 e. The zero-order valence-electron chi connectivity index (χ0n) is 12.3. The van der Waals surface area contributed by atoms with Crippen molar-refractivity contribution in [2.75, 3.05) is 31.1 Å². The number of nitrogens with zero attached hydrogens (tertiary/aromatic N) is 4. The van der Waals surface area contributed by atoms with Crippen LogP contribution in [0.5, 0.6) is 0 Å². The number of pyridine rings is 1. The van der Waals surface area contributed by atoms with Gasteiger partial charge in [0.15, 0.2) is 6.20 Å². The van der Waals surface area contributed by atoms with Crippen LogP contribution in [0.1, 0.15) is 32.1 Å². The number of hydrogen-bond acceptors (Lipinski definition) is 5. The van der Waals surface area contributed by atoms with Crippen molar-refractivity contribution in [1.29, 1.82) is 0 Å². The van der Waals surface area contributed by atoms with Gasteiger partial charge in [0.2, 0.25) is 0 Å². The van der Waals surface area contributed by atoms with Crippen LogP contribution in [0.4, 0.5) is 11.5 Å². The Hall–Kier alpha value is -1.69. The summed E-state index contributed by atoms with van der Waals surface area (Å²) in [4.78, 5) is 19.0. The van der Waals surface area contributed by atoms with Gasteiger partial charge < -0.3 is 19.9 Å². The van der Waals surface area contributed by atoms with Gasteiger partial charge in [-0.05, 0) is 54.7 Å². The van der Waals surface area contributed by atoms with Gasteiger partial charge in [0.25, 0.3) is 0 Å². The number of aromatic nitrogens is 1. The van der Waals surface area contributed by atoms with Crippen LogP contribution in [0.3, 0.4) is 0 Å². The Labute approximate surface area is 124 Å². The van der Waals surface area contributed by atoms with Gasteiger partial charge in [-0.25, -0.2) is 0 Å². The van der Waals surface area contributed by atoms with E-state index in [1.165, 1.54) is 51.3 Å². The van der Waals surface area contributed by atoms with E-state index < -0.39 is 4.92 Å². The third-order valence-electron chi connectivity index (χ3n) is 4.66. The predicted octanol–water partition coefficient (Wildman–Crippen LogP) is 2.44. The zero-order chi connectivity index (χ0) is 14.7. The van der Waals surface area contributed by atoms with Crippen LogP contribution in [0.25, 0.3) is 0 Å². The second kappa shape index (κ2) is 6.39. The van der Waals surface area contributed by atoms with Gasteiger partial charge in [0.05, 0.1) is 5.69 Å². The molecule has 114 valence electrons. The molecule has 0 saturated carbocycles. The summed E-state index contributed by atoms with van der Waals surface area (Å²) in [6.07, 6.45) is 8.04. The number of hydrogen-bond donors (Lipinski definition) is 0. The fourth-order valence-electron chi connectivity index (χ4n) is 3.45. The van der Waals surface area contributed by atoms with Gasteiger partial charge in [-0.3, -0.25) is 0 Å². The topological polar surface area (TPSA) is 62.5 Å². The van der Waals surface area contributed by atoms with Gasteiger partial charge in [-0.15, -0.1) is 0 Å². The molecule has 0 aromatic carbocycles. The third kappa shape index (κ3) is 3.32. The Morgan fingerprint density at radius 2 is 1.81 bits per heavy atom. The third-order valence-corrected chi connectivity index (χ3v) is 4.66. The number of likely N-dealkylation sites (tertiary alicyclic amines) is 1. The first-order valence-corrected chi connectivity index (χ1v) is 7.83. The van der Waals surface area contributed by atoms with E-state index in [0.717, 1.165) is 18.8 Å². The van der Waals surface area contributed by atoms with Crippen molar-refractivity contribution in [3.63, 3.8) is 0 Å². The Morgan fingerprint density at radius 1 is 1.10 bits per heavy atom. The van der Waals surface area contributed by atoms with Crippen LogP contribution in [0.2, 0.25) is 0 Å². The Morgan fingerprint density at radius 3 is 2.38 bits per heavy atom. The molecule has 1 aromatic rings. The summed E-state index contributed by atoms with van der Waals surface area (Å²) in [7, 11) is 0. The highest BCUT2D eigenvalue weighted by Crippen LogP contribution is 2.25. The van der Waals surface area contributed by atoms with Crippen molar-refractivity contribution < 1.29 is 4.92 Å². The molecule has 2 saturated heterocycles. The van der Waals surface area contributed by atoms with Crippen molar-refractivity contribution >= 4 is 11.5 Å². The summed E-state index contributed by atoms with van der Waals surface area (Å²) in [6, 6.07) is 4.02. The molecule has 3 heterocycles. The Kier molecular flexibility index (Phi) is 4.34. The van der Waals surface area contributed by atoms with Gasteiger partial charge >= 0.3 is 5.82 Å². The predicted molar refractivity (Wildman–Crippen MR) is 81.6 cm³/mol. The number of anilines is 1. The van der Waals surface area contributed by atoms with Crippen molar-refractivity contribution in [2.45, 2.75) is 38.1 Å². The lowest BCUT2D eigenvalue weighted by molar-refractivity contribution is -0.389. The molecule has 0 radical (unpaired) electrons. The standard InChI is InChI=1S/C15H22N4O2/c20-19(21)15-5-4-14(12-16-15)18-10-6-13(7-11-18)17-8-2-1-3-9-17/h4-5,12-13H,1-3,6-11H2. The van der Waals surface area contributed by atoms with Gasteiger partial charge in [0, 0.05) is 25.2 Å². The minimum atomic E-state index is -0.452. The SMILES string of the molecule is O=[N+]([O-])c1ccc(N2CCC(N3CCCCC3)CC2)cn1. The molecule has 0 amide bonds. The number of piperidine rings is 2. The second-order valence-corrected chi connectivity index (χ2v) is 5.95. The molecule has 0 spiro atoms. The van der Waals surface area contributed by atoms with E-state index in [1.807, 2.05) is 6.07 Å². The molecular formula is C15H22N4O2. The lowest BCUT2D eigenvalue weighted by atomic mass is 9.99. The van der Waals surface area contributed by atoms with Crippen LogP contribution < -0.4 is 4.90 Å². The summed E-state index contributed by atoms with van der Waals surface area (Å²) in [6.45, 7) is 4.54. The van der Waals surface area contributed by atoms with Gasteiger partial charge in [0.1, 0.15) is 0 Å². The maximum atomic E-state index is 10.6. The summed E-state index contributed by atoms with van der Waals surface area (Å²) in [5.74, 6) is -0.0815. The normalized spacial score (nSPS) is 21.4. The number of rotatable bonds is 3. The maximum Gasteiger partial charge on any atom is 0.363 e. The van der Waals surface area contributed by atoms with Crippen LogP contribution in [-0.2, 0) is 0 Å². The Balaban J connectivity index is 1.56. The largest absolute Gasteiger partial charge is 0.368 e. The molecule has 0 bridgehead atoms. The first-order chi connectivity index (χ1) is 10.2. The molecule has 6 heteroatoms. The highest BCUT2D eigenvalue weighted by atomic mass is 16.6. The summed E-state index contributed by atoms with van der Waals surface area (Å²) >= 11 is 0. The highest BCUT2D eigenvalue weighted by Gasteiger charge is 2.26. The molecule has 2 aliphatic heterocycles. The summed E-state index contributed by atoms with van der Waals surface area (Å²) in [5.41, 5.74) is 0.998. The molecule has 0 N–H and O–H groups in total. The van der Waals surface area contributed by atoms with Crippen molar-refractivity contribution in [3.05, 3.63) is 28.4 Å². The molecule has 6 nitrogen and oxygen atoms in total. The van der Waals surface area contributed by atoms with E-state index in [2.05, 4.69) is 14.8 Å². The smallest absolute Gasteiger partial charge is 0.363 e. The zero-order valence-corrected chi connectivity index (χ0v) is 12.3. The molecule has 0 aliphatic carbocycles. The monoisotopic (exact) mass is 290 g/mol. The summed E-state index contributed by atoms with van der Waals surface area (Å²) in [5, 5.41) is 10.6. The van der Waals surface area contributed by atoms with Crippen LogP contribution >= 0.6 is 0 Å². The molecule has 1 aromatic heterocycles. The second-order valence-electron chi connectivity index (χ2n) is 5.95. The average molecular weight is 290 g/mol. The van der Waals surface area contributed by atoms with E-state index in [-0.39, 0.29) is 5.82 Å². The summed E-state index contributed by atoms with van der Waals surface area (Å²) < 4.78 is 0. The van der Waals surface area contributed by atoms with E-state index >= 15 is 0 Å². The molecule has 21 heavy (non-hydrogen) atoms. The minimum absolute atomic E-state index is 0.0815. The molecular weight excluding hydrogens is 268 g/mol. The van der Waals surface area contributed by atoms with Gasteiger partial charge in [-0.2, -0.15) is 0 Å². The first kappa shape index (κ1) is 14.3. The van der Waals surface area contributed by atoms with Gasteiger partial charge in [-0.1, -0.05) is 6.42 Å². The molecule has 3 rings (SSSR count). The average Bonchev–Trinajstić information content (AvgIpc) is 2.56. The molecule has 2 fully saturated rings. The Bertz CT molecular complexity index is 477. The van der Waals surface area contributed by atoms with E-state index in [1.54, 1.807) is 6.20 Å². The quantitative estimate of drug-likeness (QED) is 0.632. The van der Waals surface area contributed by atoms with Crippen molar-refractivity contribution in [3.8, 4) is 0 Å². The van der Waals surface area contributed by atoms with E-state index in [4.69, 9.17) is 0 Å². The first-order valence-electron chi connectivity index (χ1n) is 7.83. The molecule has 0 atom stereocenters. The lowest BCUT2D eigenvalue weighted by Crippen LogP contribution is -2.46. The van der Waals surface area contributed by atoms with Crippen LogP contribution in [0, 0.1) is 10.1 Å². The fraction of sp³-hybridized carbons (Fsp3) is 0.667. The van der Waals surface area contributed by atoms with E-state index in [0.29, 0.717) is 6.04 Å². The van der Waals surface area contributed by atoms with E-state index in [9.17, 15) is 10.1 Å².